The highest BCUT2D eigenvalue weighted by Crippen LogP contribution is 2.30. The lowest BCUT2D eigenvalue weighted by molar-refractivity contribution is 0.372. The molecule has 5 rings (SSSR count). The minimum absolute atomic E-state index is 0.0295. The number of pyridine rings is 1. The molecule has 3 aromatic heterocycles. The van der Waals surface area contributed by atoms with Crippen molar-refractivity contribution in [3.63, 3.8) is 0 Å². The Hall–Kier alpha value is -2.93. The number of imidazole rings is 1. The molecule has 0 aliphatic carbocycles. The first-order valence-corrected chi connectivity index (χ1v) is 9.38. The van der Waals surface area contributed by atoms with Crippen LogP contribution in [0.4, 0.5) is 0 Å². The third-order valence-electron chi connectivity index (χ3n) is 5.57. The van der Waals surface area contributed by atoms with E-state index in [1.807, 2.05) is 17.7 Å². The van der Waals surface area contributed by atoms with Crippen molar-refractivity contribution in [2.24, 2.45) is 0 Å². The molecule has 0 radical (unpaired) electrons. The van der Waals surface area contributed by atoms with Crippen LogP contribution < -0.4 is 11.0 Å². The van der Waals surface area contributed by atoms with Gasteiger partial charge in [0.2, 0.25) is 0 Å². The average molecular weight is 362 g/mol. The molecule has 1 fully saturated rings. The Labute approximate surface area is 156 Å². The Kier molecular flexibility index (Phi) is 3.65. The van der Waals surface area contributed by atoms with Crippen LogP contribution >= 0.6 is 0 Å². The molecule has 0 saturated carbocycles. The van der Waals surface area contributed by atoms with Crippen LogP contribution in [0.15, 0.2) is 35.5 Å². The second-order valence-corrected chi connectivity index (χ2v) is 7.42. The zero-order valence-corrected chi connectivity index (χ0v) is 15.5. The van der Waals surface area contributed by atoms with E-state index < -0.39 is 0 Å². The summed E-state index contributed by atoms with van der Waals surface area (Å²) in [5.41, 5.74) is 7.06. The van der Waals surface area contributed by atoms with Gasteiger partial charge in [-0.1, -0.05) is 0 Å². The Morgan fingerprint density at radius 3 is 2.89 bits per heavy atom. The first-order chi connectivity index (χ1) is 13.1. The summed E-state index contributed by atoms with van der Waals surface area (Å²) in [4.78, 5) is 20.0. The van der Waals surface area contributed by atoms with Crippen molar-refractivity contribution < 1.29 is 0 Å². The normalized spacial score (nSPS) is 17.8. The van der Waals surface area contributed by atoms with E-state index in [1.165, 1.54) is 0 Å². The molecule has 1 aromatic carbocycles. The third kappa shape index (κ3) is 2.57. The maximum absolute atomic E-state index is 12.6. The Balaban J connectivity index is 1.68. The first kappa shape index (κ1) is 16.3. The summed E-state index contributed by atoms with van der Waals surface area (Å²) >= 11 is 0. The number of nitrogens with zero attached hydrogens (tertiary/aromatic N) is 4. The van der Waals surface area contributed by atoms with E-state index in [-0.39, 0.29) is 11.7 Å². The lowest BCUT2D eigenvalue weighted by atomic mass is 9.99. The number of aromatic nitrogens is 5. The molecule has 4 aromatic rings. The van der Waals surface area contributed by atoms with Crippen molar-refractivity contribution in [3.05, 3.63) is 52.3 Å². The summed E-state index contributed by atoms with van der Waals surface area (Å²) in [5.74, 6) is 0. The van der Waals surface area contributed by atoms with Gasteiger partial charge >= 0.3 is 5.69 Å². The fourth-order valence-electron chi connectivity index (χ4n) is 4.25. The van der Waals surface area contributed by atoms with Gasteiger partial charge in [-0.15, -0.1) is 0 Å². The van der Waals surface area contributed by atoms with E-state index in [1.54, 1.807) is 10.8 Å². The first-order valence-electron chi connectivity index (χ1n) is 9.38. The highest BCUT2D eigenvalue weighted by Gasteiger charge is 2.20. The van der Waals surface area contributed by atoms with Gasteiger partial charge in [0.05, 0.1) is 17.1 Å². The van der Waals surface area contributed by atoms with Crippen molar-refractivity contribution in [2.45, 2.75) is 32.7 Å². The molecule has 7 heteroatoms. The van der Waals surface area contributed by atoms with Crippen LogP contribution in [0.1, 0.15) is 30.0 Å². The summed E-state index contributed by atoms with van der Waals surface area (Å²) in [7, 11) is 0. The Bertz CT molecular complexity index is 1210. The molecule has 27 heavy (non-hydrogen) atoms. The van der Waals surface area contributed by atoms with E-state index in [9.17, 15) is 4.79 Å². The fourth-order valence-corrected chi connectivity index (χ4v) is 4.25. The smallest absolute Gasteiger partial charge is 0.315 e. The standard InChI is InChI=1S/C20H22N6O/c1-12-7-18-17(24-20(27)26(18)15-4-3-5-21-9-15)8-16(12)14-6-13(2)19-22-11-23-25(19)10-14/h6-8,10-11,15,21H,3-5,9H2,1-2H3,(H,24,27). The van der Waals surface area contributed by atoms with Crippen LogP contribution in [0, 0.1) is 13.8 Å². The third-order valence-corrected chi connectivity index (χ3v) is 5.57. The van der Waals surface area contributed by atoms with Gasteiger partial charge in [-0.25, -0.2) is 14.3 Å². The van der Waals surface area contributed by atoms with Gasteiger partial charge in [0.1, 0.15) is 6.33 Å². The van der Waals surface area contributed by atoms with Crippen molar-refractivity contribution in [1.82, 2.24) is 29.5 Å². The van der Waals surface area contributed by atoms with Crippen LogP contribution in [0.3, 0.4) is 0 Å². The van der Waals surface area contributed by atoms with E-state index in [0.29, 0.717) is 0 Å². The minimum Gasteiger partial charge on any atom is -0.315 e. The van der Waals surface area contributed by atoms with Crippen LogP contribution in [0.5, 0.6) is 0 Å². The molecule has 0 spiro atoms. The van der Waals surface area contributed by atoms with Crippen LogP contribution in [0.25, 0.3) is 27.8 Å². The number of aromatic amines is 1. The van der Waals surface area contributed by atoms with Gasteiger partial charge in [-0.3, -0.25) is 4.57 Å². The number of rotatable bonds is 2. The zero-order chi connectivity index (χ0) is 18.5. The topological polar surface area (TPSA) is 80.0 Å². The molecule has 0 bridgehead atoms. The van der Waals surface area contributed by atoms with E-state index in [2.05, 4.69) is 45.5 Å². The number of H-pyrrole nitrogens is 1. The summed E-state index contributed by atoms with van der Waals surface area (Å²) in [5, 5.41) is 7.67. The lowest BCUT2D eigenvalue weighted by Crippen LogP contribution is -2.35. The highest BCUT2D eigenvalue weighted by atomic mass is 16.1. The zero-order valence-electron chi connectivity index (χ0n) is 15.5. The second-order valence-electron chi connectivity index (χ2n) is 7.42. The van der Waals surface area contributed by atoms with Gasteiger partial charge in [-0.2, -0.15) is 5.10 Å². The quantitative estimate of drug-likeness (QED) is 0.574. The van der Waals surface area contributed by atoms with E-state index in [4.69, 9.17) is 0 Å². The predicted molar refractivity (Wildman–Crippen MR) is 105 cm³/mol. The molecule has 0 amide bonds. The van der Waals surface area contributed by atoms with Crippen molar-refractivity contribution in [3.8, 4) is 11.1 Å². The molecule has 1 aliphatic heterocycles. The molecule has 2 N–H and O–H groups in total. The average Bonchev–Trinajstić information content (AvgIpc) is 3.25. The molecule has 1 atom stereocenters. The van der Waals surface area contributed by atoms with Crippen molar-refractivity contribution in [1.29, 1.82) is 0 Å². The molecular weight excluding hydrogens is 340 g/mol. The molecule has 1 aliphatic rings. The SMILES string of the molecule is Cc1cc2c(cc1-c1cc(C)c3ncnn3c1)[nH]c(=O)n2C1CCCNC1. The van der Waals surface area contributed by atoms with Gasteiger partial charge in [0.15, 0.2) is 5.65 Å². The van der Waals surface area contributed by atoms with Crippen LogP contribution in [-0.4, -0.2) is 37.2 Å². The number of benzene rings is 1. The number of piperidine rings is 1. The second kappa shape index (κ2) is 6.06. The van der Waals surface area contributed by atoms with E-state index in [0.717, 1.165) is 64.9 Å². The van der Waals surface area contributed by atoms with Gasteiger partial charge in [-0.05, 0) is 68.1 Å². The van der Waals surface area contributed by atoms with Gasteiger partial charge in [0, 0.05) is 18.3 Å². The van der Waals surface area contributed by atoms with E-state index >= 15 is 0 Å². The molecule has 138 valence electrons. The Morgan fingerprint density at radius 1 is 1.19 bits per heavy atom. The maximum Gasteiger partial charge on any atom is 0.326 e. The number of fused-ring (bicyclic) bond motifs is 2. The largest absolute Gasteiger partial charge is 0.326 e. The number of aryl methyl sites for hydroxylation is 2. The monoisotopic (exact) mass is 362 g/mol. The summed E-state index contributed by atoms with van der Waals surface area (Å²) in [6, 6.07) is 6.53. The van der Waals surface area contributed by atoms with Gasteiger partial charge < -0.3 is 10.3 Å². The summed E-state index contributed by atoms with van der Waals surface area (Å²) < 4.78 is 3.72. The predicted octanol–water partition coefficient (Wildman–Crippen LogP) is 2.58. The summed E-state index contributed by atoms with van der Waals surface area (Å²) in [6.07, 6.45) is 5.68. The fraction of sp³-hybridized carbons (Fsp3) is 0.350. The highest BCUT2D eigenvalue weighted by molar-refractivity contribution is 5.84. The molecule has 4 heterocycles. The molecule has 1 unspecified atom stereocenters. The maximum atomic E-state index is 12.6. The number of hydrogen-bond acceptors (Lipinski definition) is 4. The van der Waals surface area contributed by atoms with Crippen molar-refractivity contribution >= 4 is 16.7 Å². The molecule has 1 saturated heterocycles. The number of nitrogens with one attached hydrogen (secondary N) is 2. The lowest BCUT2D eigenvalue weighted by Gasteiger charge is -2.24. The Morgan fingerprint density at radius 2 is 2.07 bits per heavy atom. The molecular formula is C20H22N6O. The summed E-state index contributed by atoms with van der Waals surface area (Å²) in [6.45, 7) is 6.00. The number of hydrogen-bond donors (Lipinski definition) is 2. The van der Waals surface area contributed by atoms with Gasteiger partial charge in [0.25, 0.3) is 0 Å². The van der Waals surface area contributed by atoms with Crippen molar-refractivity contribution in [2.75, 3.05) is 13.1 Å². The van der Waals surface area contributed by atoms with Crippen LogP contribution in [0.2, 0.25) is 0 Å². The van der Waals surface area contributed by atoms with Crippen LogP contribution in [-0.2, 0) is 0 Å². The molecule has 7 nitrogen and oxygen atoms in total. The minimum atomic E-state index is -0.0295.